The molecule has 0 saturated carbocycles. The maximum absolute atomic E-state index is 12.4. The Balaban J connectivity index is 1.43. The Morgan fingerprint density at radius 1 is 1.23 bits per heavy atom. The lowest BCUT2D eigenvalue weighted by molar-refractivity contribution is -0.385. The van der Waals surface area contributed by atoms with Crippen LogP contribution in [-0.4, -0.2) is 30.7 Å². The predicted molar refractivity (Wildman–Crippen MR) is 118 cm³/mol. The molecule has 8 heteroatoms. The molecule has 0 aliphatic carbocycles. The van der Waals surface area contributed by atoms with Crippen molar-refractivity contribution in [3.05, 3.63) is 63.7 Å². The number of nitrogens with one attached hydrogen (secondary N) is 1. The van der Waals surface area contributed by atoms with Gasteiger partial charge >= 0.3 is 0 Å². The van der Waals surface area contributed by atoms with Crippen LogP contribution < -0.4 is 15.0 Å². The van der Waals surface area contributed by atoms with Gasteiger partial charge in [-0.1, -0.05) is 6.92 Å². The molecule has 1 amide bonds. The molecule has 2 heterocycles. The number of amides is 1. The lowest BCUT2D eigenvalue weighted by atomic mass is 9.99. The SMILES string of the molecule is CC1CCN(c2ccc(NC(=O)/C=C/c3cc([N+](=O)[O-])cc4c3OCOC4)cc2)CC1. The highest BCUT2D eigenvalue weighted by atomic mass is 16.7. The highest BCUT2D eigenvalue weighted by Crippen LogP contribution is 2.33. The summed E-state index contributed by atoms with van der Waals surface area (Å²) in [6, 6.07) is 10.6. The van der Waals surface area contributed by atoms with Crippen LogP contribution in [0, 0.1) is 16.0 Å². The van der Waals surface area contributed by atoms with Crippen molar-refractivity contribution in [1.29, 1.82) is 0 Å². The van der Waals surface area contributed by atoms with Gasteiger partial charge in [0, 0.05) is 53.8 Å². The van der Waals surface area contributed by atoms with E-state index in [-0.39, 0.29) is 25.0 Å². The van der Waals surface area contributed by atoms with Crippen molar-refractivity contribution in [2.45, 2.75) is 26.4 Å². The first-order chi connectivity index (χ1) is 15.0. The van der Waals surface area contributed by atoms with E-state index in [0.29, 0.717) is 22.6 Å². The lowest BCUT2D eigenvalue weighted by Crippen LogP contribution is -2.32. The van der Waals surface area contributed by atoms with Gasteiger partial charge in [-0.15, -0.1) is 0 Å². The van der Waals surface area contributed by atoms with Crippen LogP contribution in [0.4, 0.5) is 17.1 Å². The highest BCUT2D eigenvalue weighted by Gasteiger charge is 2.20. The van der Waals surface area contributed by atoms with E-state index >= 15 is 0 Å². The first-order valence-electron chi connectivity index (χ1n) is 10.4. The number of hydrogen-bond donors (Lipinski definition) is 1. The summed E-state index contributed by atoms with van der Waals surface area (Å²) in [7, 11) is 0. The van der Waals surface area contributed by atoms with Crippen molar-refractivity contribution >= 4 is 29.0 Å². The Hall–Kier alpha value is -3.39. The summed E-state index contributed by atoms with van der Waals surface area (Å²) >= 11 is 0. The van der Waals surface area contributed by atoms with E-state index in [1.54, 1.807) is 0 Å². The van der Waals surface area contributed by atoms with Gasteiger partial charge in [0.1, 0.15) is 5.75 Å². The molecule has 8 nitrogen and oxygen atoms in total. The van der Waals surface area contributed by atoms with Crippen LogP contribution >= 0.6 is 0 Å². The minimum absolute atomic E-state index is 0.0696. The zero-order chi connectivity index (χ0) is 21.8. The van der Waals surface area contributed by atoms with Crippen molar-refractivity contribution < 1.29 is 19.2 Å². The largest absolute Gasteiger partial charge is 0.467 e. The number of carbonyl (C=O) groups excluding carboxylic acids is 1. The fraction of sp³-hybridized carbons (Fsp3) is 0.348. The molecule has 1 saturated heterocycles. The predicted octanol–water partition coefficient (Wildman–Crippen LogP) is 4.35. The van der Waals surface area contributed by atoms with Gasteiger partial charge in [-0.2, -0.15) is 0 Å². The summed E-state index contributed by atoms with van der Waals surface area (Å²) < 4.78 is 10.7. The lowest BCUT2D eigenvalue weighted by Gasteiger charge is -2.32. The Bertz CT molecular complexity index is 995. The number of nitro benzene ring substituents is 1. The van der Waals surface area contributed by atoms with Crippen LogP contribution in [0.25, 0.3) is 6.08 Å². The standard InChI is InChI=1S/C23H25N3O5/c1-16-8-10-25(11-9-16)20-5-3-19(4-6-20)24-22(27)7-2-17-12-21(26(28)29)13-18-14-30-15-31-23(17)18/h2-7,12-13,16H,8-11,14-15H2,1H3,(H,24,27)/b7-2+. The number of non-ortho nitro benzene ring substituents is 1. The molecule has 1 N–H and O–H groups in total. The molecule has 0 bridgehead atoms. The highest BCUT2D eigenvalue weighted by molar-refractivity contribution is 6.02. The maximum Gasteiger partial charge on any atom is 0.270 e. The average molecular weight is 423 g/mol. The van der Waals surface area contributed by atoms with E-state index in [9.17, 15) is 14.9 Å². The van der Waals surface area contributed by atoms with E-state index in [1.807, 2.05) is 24.3 Å². The van der Waals surface area contributed by atoms with Gasteiger partial charge in [-0.3, -0.25) is 14.9 Å². The second kappa shape index (κ2) is 9.18. The minimum Gasteiger partial charge on any atom is -0.467 e. The number of carbonyl (C=O) groups is 1. The van der Waals surface area contributed by atoms with Gasteiger partial charge in [0.05, 0.1) is 11.5 Å². The van der Waals surface area contributed by atoms with E-state index in [2.05, 4.69) is 17.1 Å². The molecule has 0 aromatic heterocycles. The molecule has 0 atom stereocenters. The Kier molecular flexibility index (Phi) is 6.18. The number of nitro groups is 1. The van der Waals surface area contributed by atoms with Gasteiger partial charge in [-0.05, 0) is 49.1 Å². The van der Waals surface area contributed by atoms with Crippen molar-refractivity contribution in [3.8, 4) is 5.75 Å². The number of benzene rings is 2. The van der Waals surface area contributed by atoms with Crippen molar-refractivity contribution in [1.82, 2.24) is 0 Å². The van der Waals surface area contributed by atoms with Crippen LogP contribution in [-0.2, 0) is 16.1 Å². The van der Waals surface area contributed by atoms with E-state index in [0.717, 1.165) is 24.7 Å². The second-order valence-electron chi connectivity index (χ2n) is 7.93. The minimum atomic E-state index is -0.475. The monoisotopic (exact) mass is 423 g/mol. The maximum atomic E-state index is 12.4. The summed E-state index contributed by atoms with van der Waals surface area (Å²) in [5.41, 5.74) is 2.83. The molecule has 0 spiro atoms. The summed E-state index contributed by atoms with van der Waals surface area (Å²) in [5, 5.41) is 14.0. The van der Waals surface area contributed by atoms with Crippen LogP contribution in [0.15, 0.2) is 42.5 Å². The van der Waals surface area contributed by atoms with Gasteiger partial charge < -0.3 is 19.7 Å². The first kappa shape index (κ1) is 20.9. The zero-order valence-electron chi connectivity index (χ0n) is 17.4. The summed E-state index contributed by atoms with van der Waals surface area (Å²) in [5.74, 6) is 0.948. The Morgan fingerprint density at radius 3 is 2.68 bits per heavy atom. The van der Waals surface area contributed by atoms with Crippen molar-refractivity contribution in [3.63, 3.8) is 0 Å². The zero-order valence-corrected chi connectivity index (χ0v) is 17.4. The quantitative estimate of drug-likeness (QED) is 0.437. The van der Waals surface area contributed by atoms with Gasteiger partial charge in [0.2, 0.25) is 5.91 Å². The number of anilines is 2. The molecular weight excluding hydrogens is 398 g/mol. The Morgan fingerprint density at radius 2 is 1.97 bits per heavy atom. The van der Waals surface area contributed by atoms with E-state index in [1.165, 1.54) is 37.1 Å². The number of nitrogens with zero attached hydrogens (tertiary/aromatic N) is 2. The topological polar surface area (TPSA) is 93.9 Å². The number of hydrogen-bond acceptors (Lipinski definition) is 6. The van der Waals surface area contributed by atoms with Gasteiger partial charge in [0.25, 0.3) is 5.69 Å². The van der Waals surface area contributed by atoms with Crippen molar-refractivity contribution in [2.75, 3.05) is 30.1 Å². The number of ether oxygens (including phenoxy) is 2. The summed E-state index contributed by atoms with van der Waals surface area (Å²) in [6.07, 6.45) is 5.26. The molecule has 2 aliphatic rings. The first-order valence-corrected chi connectivity index (χ1v) is 10.4. The van der Waals surface area contributed by atoms with Crippen LogP contribution in [0.2, 0.25) is 0 Å². The molecule has 4 rings (SSSR count). The normalized spacial score (nSPS) is 16.6. The fourth-order valence-electron chi connectivity index (χ4n) is 3.83. The fourth-order valence-corrected chi connectivity index (χ4v) is 3.83. The molecule has 0 unspecified atom stereocenters. The third-order valence-electron chi connectivity index (χ3n) is 5.63. The average Bonchev–Trinajstić information content (AvgIpc) is 2.78. The molecule has 1 fully saturated rings. The van der Waals surface area contributed by atoms with Crippen molar-refractivity contribution in [2.24, 2.45) is 5.92 Å². The third kappa shape index (κ3) is 5.03. The third-order valence-corrected chi connectivity index (χ3v) is 5.63. The number of piperidine rings is 1. The molecule has 2 aromatic rings. The smallest absolute Gasteiger partial charge is 0.270 e. The molecular formula is C23H25N3O5. The molecule has 2 aliphatic heterocycles. The van der Waals surface area contributed by atoms with Crippen LogP contribution in [0.5, 0.6) is 5.75 Å². The summed E-state index contributed by atoms with van der Waals surface area (Å²) in [6.45, 7) is 4.69. The van der Waals surface area contributed by atoms with Crippen LogP contribution in [0.3, 0.4) is 0 Å². The second-order valence-corrected chi connectivity index (χ2v) is 7.93. The van der Waals surface area contributed by atoms with Crippen LogP contribution in [0.1, 0.15) is 30.9 Å². The van der Waals surface area contributed by atoms with Gasteiger partial charge in [0.15, 0.2) is 6.79 Å². The summed E-state index contributed by atoms with van der Waals surface area (Å²) in [4.78, 5) is 25.5. The molecule has 2 aromatic carbocycles. The number of fused-ring (bicyclic) bond motifs is 1. The molecule has 162 valence electrons. The van der Waals surface area contributed by atoms with E-state index < -0.39 is 4.92 Å². The molecule has 31 heavy (non-hydrogen) atoms. The van der Waals surface area contributed by atoms with Gasteiger partial charge in [-0.25, -0.2) is 0 Å². The number of rotatable bonds is 5. The molecule has 0 radical (unpaired) electrons. The van der Waals surface area contributed by atoms with E-state index in [4.69, 9.17) is 9.47 Å². The Labute approximate surface area is 180 Å².